The Morgan fingerprint density at radius 1 is 1.03 bits per heavy atom. The Morgan fingerprint density at radius 3 is 2.58 bits per heavy atom. The minimum Gasteiger partial charge on any atom is -0.382 e. The van der Waals surface area contributed by atoms with Crippen LogP contribution in [0.3, 0.4) is 0 Å². The number of nitrogens with zero attached hydrogens (tertiary/aromatic N) is 2. The average Bonchev–Trinajstić information content (AvgIpc) is 3.34. The lowest BCUT2D eigenvalue weighted by molar-refractivity contribution is -0.135. The fourth-order valence-electron chi connectivity index (χ4n) is 3.49. The van der Waals surface area contributed by atoms with E-state index in [2.05, 4.69) is 20.8 Å². The second kappa shape index (κ2) is 10.5. The fourth-order valence-corrected chi connectivity index (χ4v) is 3.49. The predicted octanol–water partition coefficient (Wildman–Crippen LogP) is 2.76. The van der Waals surface area contributed by atoms with Crippen molar-refractivity contribution in [1.29, 1.82) is 0 Å². The first-order valence-electron chi connectivity index (χ1n) is 10.6. The highest BCUT2D eigenvalue weighted by atomic mass is 19.1. The van der Waals surface area contributed by atoms with Crippen molar-refractivity contribution in [3.8, 4) is 0 Å². The molecule has 2 heterocycles. The van der Waals surface area contributed by atoms with Gasteiger partial charge < -0.3 is 15.5 Å². The Morgan fingerprint density at radius 2 is 1.82 bits per heavy atom. The third kappa shape index (κ3) is 6.00. The molecule has 7 nitrogen and oxygen atoms in total. The van der Waals surface area contributed by atoms with Crippen LogP contribution in [0, 0.1) is 5.82 Å². The van der Waals surface area contributed by atoms with E-state index in [0.29, 0.717) is 24.2 Å². The maximum atomic E-state index is 13.5. The Bertz CT molecular complexity index is 1140. The van der Waals surface area contributed by atoms with Gasteiger partial charge in [0.25, 0.3) is 5.91 Å². The summed E-state index contributed by atoms with van der Waals surface area (Å²) < 4.78 is 13.5. The van der Waals surface area contributed by atoms with Gasteiger partial charge in [0.15, 0.2) is 0 Å². The zero-order valence-electron chi connectivity index (χ0n) is 17.8. The molecular weight excluding hydrogens is 423 g/mol. The van der Waals surface area contributed by atoms with Crippen LogP contribution in [-0.2, 0) is 27.4 Å². The van der Waals surface area contributed by atoms with E-state index in [4.69, 9.17) is 4.84 Å². The first kappa shape index (κ1) is 22.1. The Hall–Kier alpha value is -4.07. The quantitative estimate of drug-likeness (QED) is 0.557. The molecule has 0 radical (unpaired) electrons. The monoisotopic (exact) mass is 446 g/mol. The Labute approximate surface area is 190 Å². The number of carbonyl (C=O) groups is 2. The zero-order chi connectivity index (χ0) is 23.0. The molecule has 0 aliphatic carbocycles. The van der Waals surface area contributed by atoms with E-state index in [-0.39, 0.29) is 12.3 Å². The van der Waals surface area contributed by atoms with Gasteiger partial charge in [-0.15, -0.1) is 0 Å². The fraction of sp³-hybridized carbons (Fsp3) is 0.200. The molecule has 2 aromatic carbocycles. The molecule has 2 N–H and O–H groups in total. The van der Waals surface area contributed by atoms with Crippen molar-refractivity contribution in [3.63, 3.8) is 0 Å². The highest BCUT2D eigenvalue weighted by Gasteiger charge is 2.32. The highest BCUT2D eigenvalue weighted by Crippen LogP contribution is 2.18. The van der Waals surface area contributed by atoms with Gasteiger partial charge >= 0.3 is 0 Å². The first-order chi connectivity index (χ1) is 16.1. The van der Waals surface area contributed by atoms with E-state index in [0.717, 1.165) is 11.1 Å². The summed E-state index contributed by atoms with van der Waals surface area (Å²) in [5, 5.41) is 9.60. The van der Waals surface area contributed by atoms with Gasteiger partial charge in [-0.05, 0) is 35.4 Å². The molecule has 0 fully saturated rings. The first-order valence-corrected chi connectivity index (χ1v) is 10.6. The minimum atomic E-state index is -0.894. The maximum Gasteiger partial charge on any atom is 0.265 e. The second-order valence-corrected chi connectivity index (χ2v) is 7.67. The summed E-state index contributed by atoms with van der Waals surface area (Å²) in [5.74, 6) is -1.16. The number of halogens is 1. The molecule has 4 rings (SSSR count). The highest BCUT2D eigenvalue weighted by molar-refractivity contribution is 6.04. The predicted molar refractivity (Wildman–Crippen MR) is 121 cm³/mol. The van der Waals surface area contributed by atoms with Crippen molar-refractivity contribution < 1.29 is 18.8 Å². The van der Waals surface area contributed by atoms with Crippen LogP contribution in [-0.4, -0.2) is 34.7 Å². The molecule has 1 aliphatic heterocycles. The number of pyridine rings is 1. The summed E-state index contributed by atoms with van der Waals surface area (Å²) in [5.41, 5.74) is 2.85. The van der Waals surface area contributed by atoms with E-state index in [1.54, 1.807) is 24.5 Å². The van der Waals surface area contributed by atoms with Crippen molar-refractivity contribution in [1.82, 2.24) is 15.6 Å². The molecule has 168 valence electrons. The standard InChI is InChI=1S/C25H23FN4O3/c26-20-8-4-7-19(14-20)21-15-23(33-30-21)25(32)29-22(13-17-5-2-1-3-6-17)24(31)28-16-18-9-11-27-12-10-18/h1-12,14,22-23H,13,15-16H2,(H,28,31)(H,29,32). The van der Waals surface area contributed by atoms with Crippen molar-refractivity contribution in [3.05, 3.63) is 102 Å². The van der Waals surface area contributed by atoms with Crippen LogP contribution in [0.25, 0.3) is 0 Å². The molecule has 0 bridgehead atoms. The van der Waals surface area contributed by atoms with Crippen LogP contribution in [0.4, 0.5) is 4.39 Å². The molecule has 2 unspecified atom stereocenters. The van der Waals surface area contributed by atoms with Gasteiger partial charge in [0.2, 0.25) is 12.0 Å². The summed E-state index contributed by atoms with van der Waals surface area (Å²) in [6, 6.07) is 18.2. The number of amides is 2. The van der Waals surface area contributed by atoms with Crippen LogP contribution in [0.2, 0.25) is 0 Å². The molecular formula is C25H23FN4O3. The molecule has 2 atom stereocenters. The topological polar surface area (TPSA) is 92.7 Å². The van der Waals surface area contributed by atoms with Crippen molar-refractivity contribution in [2.24, 2.45) is 5.16 Å². The van der Waals surface area contributed by atoms with Gasteiger partial charge in [-0.3, -0.25) is 14.6 Å². The number of aromatic nitrogens is 1. The van der Waals surface area contributed by atoms with E-state index < -0.39 is 23.9 Å². The lowest BCUT2D eigenvalue weighted by atomic mass is 10.0. The smallest absolute Gasteiger partial charge is 0.265 e. The molecule has 2 amide bonds. The molecule has 0 saturated carbocycles. The third-order valence-electron chi connectivity index (χ3n) is 5.25. The lowest BCUT2D eigenvalue weighted by Gasteiger charge is -2.20. The molecule has 1 aliphatic rings. The third-order valence-corrected chi connectivity index (χ3v) is 5.25. The van der Waals surface area contributed by atoms with Gasteiger partial charge in [0, 0.05) is 37.3 Å². The van der Waals surface area contributed by atoms with Crippen molar-refractivity contribution in [2.45, 2.75) is 31.5 Å². The van der Waals surface area contributed by atoms with E-state index in [9.17, 15) is 14.0 Å². The van der Waals surface area contributed by atoms with E-state index in [1.807, 2.05) is 42.5 Å². The largest absolute Gasteiger partial charge is 0.382 e. The zero-order valence-corrected chi connectivity index (χ0v) is 17.8. The SMILES string of the molecule is O=C(NCc1ccncc1)C(Cc1ccccc1)NC(=O)C1CC(c2cccc(F)c2)=NO1. The number of hydrogen-bond acceptors (Lipinski definition) is 5. The van der Waals surface area contributed by atoms with Gasteiger partial charge in [0.05, 0.1) is 5.71 Å². The van der Waals surface area contributed by atoms with Crippen LogP contribution in [0.15, 0.2) is 84.3 Å². The number of rotatable bonds is 8. The lowest BCUT2D eigenvalue weighted by Crippen LogP contribution is -2.50. The van der Waals surface area contributed by atoms with Gasteiger partial charge in [-0.2, -0.15) is 0 Å². The number of benzene rings is 2. The molecule has 8 heteroatoms. The number of hydrogen-bond donors (Lipinski definition) is 2. The van der Waals surface area contributed by atoms with Crippen molar-refractivity contribution in [2.75, 3.05) is 0 Å². The van der Waals surface area contributed by atoms with E-state index in [1.165, 1.54) is 12.1 Å². The summed E-state index contributed by atoms with van der Waals surface area (Å²) in [7, 11) is 0. The second-order valence-electron chi connectivity index (χ2n) is 7.67. The van der Waals surface area contributed by atoms with Gasteiger partial charge in [-0.1, -0.05) is 47.6 Å². The van der Waals surface area contributed by atoms with Crippen molar-refractivity contribution >= 4 is 17.5 Å². The van der Waals surface area contributed by atoms with Gasteiger partial charge in [0.1, 0.15) is 11.9 Å². The van der Waals surface area contributed by atoms with Crippen LogP contribution < -0.4 is 10.6 Å². The normalized spacial score (nSPS) is 15.8. The summed E-state index contributed by atoms with van der Waals surface area (Å²) in [6.45, 7) is 0.315. The molecule has 0 saturated heterocycles. The molecule has 0 spiro atoms. The maximum absolute atomic E-state index is 13.5. The van der Waals surface area contributed by atoms with Crippen LogP contribution in [0.1, 0.15) is 23.1 Å². The molecule has 33 heavy (non-hydrogen) atoms. The Kier molecular flexibility index (Phi) is 7.04. The minimum absolute atomic E-state index is 0.186. The Balaban J connectivity index is 1.41. The van der Waals surface area contributed by atoms with E-state index >= 15 is 0 Å². The number of carbonyl (C=O) groups excluding carboxylic acids is 2. The molecule has 3 aromatic rings. The van der Waals surface area contributed by atoms with Gasteiger partial charge in [-0.25, -0.2) is 4.39 Å². The van der Waals surface area contributed by atoms with Crippen LogP contribution >= 0.6 is 0 Å². The summed E-state index contributed by atoms with van der Waals surface area (Å²) in [6.07, 6.45) is 2.91. The summed E-state index contributed by atoms with van der Waals surface area (Å²) in [4.78, 5) is 35.1. The number of nitrogens with one attached hydrogen (secondary N) is 2. The number of oxime groups is 1. The molecule has 1 aromatic heterocycles. The van der Waals surface area contributed by atoms with Crippen LogP contribution in [0.5, 0.6) is 0 Å². The average molecular weight is 446 g/mol. The summed E-state index contributed by atoms with van der Waals surface area (Å²) >= 11 is 0.